The maximum atomic E-state index is 12.6. The highest BCUT2D eigenvalue weighted by Crippen LogP contribution is 2.31. The number of methoxy groups -OCH3 is 2. The molecule has 1 heterocycles. The number of hydrogen-bond donors (Lipinski definition) is 3. The van der Waals surface area contributed by atoms with Gasteiger partial charge in [-0.1, -0.05) is 26.8 Å². The summed E-state index contributed by atoms with van der Waals surface area (Å²) in [5.74, 6) is 1.75. The molecule has 1 amide bonds. The molecule has 4 N–H and O–H groups in total. The van der Waals surface area contributed by atoms with Crippen LogP contribution in [0.25, 0.3) is 0 Å². The Morgan fingerprint density at radius 1 is 1.10 bits per heavy atom. The van der Waals surface area contributed by atoms with E-state index in [-0.39, 0.29) is 30.2 Å². The van der Waals surface area contributed by atoms with Gasteiger partial charge in [0.15, 0.2) is 11.5 Å². The molecule has 1 aliphatic heterocycles. The first kappa shape index (κ1) is 36.4. The number of carbonyl (C=O) groups excluding carboxylic acids is 1. The maximum Gasteiger partial charge on any atom is 0.222 e. The molecule has 1 aromatic carbocycles. The Balaban J connectivity index is 0.00000800. The monoisotopic (exact) mass is 587 g/mol. The molecule has 2 rings (SSSR count). The Hall–Kier alpha value is -1.62. The molecule has 4 atom stereocenters. The van der Waals surface area contributed by atoms with Crippen LogP contribution in [0.1, 0.15) is 52.0 Å². The van der Waals surface area contributed by atoms with Gasteiger partial charge in [-0.15, -0.1) is 12.4 Å². The van der Waals surface area contributed by atoms with Gasteiger partial charge < -0.3 is 35.1 Å². The molecule has 0 bridgehead atoms. The molecule has 10 heteroatoms. The Morgan fingerprint density at radius 3 is 2.48 bits per heavy atom. The van der Waals surface area contributed by atoms with Gasteiger partial charge in [-0.3, -0.25) is 9.69 Å². The predicted molar refractivity (Wildman–Crippen MR) is 162 cm³/mol. The highest BCUT2D eigenvalue weighted by Gasteiger charge is 2.26. The second-order valence-electron chi connectivity index (χ2n) is 11.1. The highest BCUT2D eigenvalue weighted by molar-refractivity contribution is 5.85. The largest absolute Gasteiger partial charge is 0.493 e. The topological polar surface area (TPSA) is 116 Å². The molecular weight excluding hydrogens is 534 g/mol. The number of rotatable bonds is 19. The van der Waals surface area contributed by atoms with Crippen LogP contribution in [0.5, 0.6) is 11.5 Å². The second kappa shape index (κ2) is 20.3. The van der Waals surface area contributed by atoms with Gasteiger partial charge in [0.2, 0.25) is 5.91 Å². The molecule has 0 radical (unpaired) electrons. The normalized spacial score (nSPS) is 17.0. The number of nitrogens with one attached hydrogen (secondary N) is 1. The molecule has 9 nitrogen and oxygen atoms in total. The fraction of sp³-hybridized carbons (Fsp3) is 0.767. The molecule has 232 valence electrons. The van der Waals surface area contributed by atoms with Crippen molar-refractivity contribution in [3.63, 3.8) is 0 Å². The number of nitrogens with zero attached hydrogens (tertiary/aromatic N) is 1. The zero-order valence-electron chi connectivity index (χ0n) is 25.2. The van der Waals surface area contributed by atoms with Gasteiger partial charge in [0.1, 0.15) is 0 Å². The van der Waals surface area contributed by atoms with E-state index in [0.29, 0.717) is 44.3 Å². The molecule has 1 aliphatic rings. The average molecular weight is 588 g/mol. The number of amides is 1. The van der Waals surface area contributed by atoms with E-state index in [9.17, 15) is 9.90 Å². The van der Waals surface area contributed by atoms with Crippen LogP contribution in [0.3, 0.4) is 0 Å². The fourth-order valence-corrected chi connectivity index (χ4v) is 4.90. The minimum absolute atomic E-state index is 0. The number of ether oxygens (including phenoxy) is 4. The second-order valence-corrected chi connectivity index (χ2v) is 11.1. The summed E-state index contributed by atoms with van der Waals surface area (Å²) in [6.07, 6.45) is 2.80. The SMILES string of the molecule is COCCCOc1cc(C[C@@H](C[C@H](N)[C@@H](O)C[C@@H](C)C(=O)NCCCN2CCOCC2)C(C)C)ccc1OC.Cl. The minimum Gasteiger partial charge on any atom is -0.493 e. The van der Waals surface area contributed by atoms with Gasteiger partial charge in [-0.05, 0) is 61.8 Å². The molecule has 0 unspecified atom stereocenters. The molecule has 0 spiro atoms. The Bertz CT molecular complexity index is 825. The fourth-order valence-electron chi connectivity index (χ4n) is 4.90. The van der Waals surface area contributed by atoms with E-state index in [0.717, 1.165) is 63.4 Å². The quantitative estimate of drug-likeness (QED) is 0.211. The van der Waals surface area contributed by atoms with Gasteiger partial charge in [0, 0.05) is 51.7 Å². The molecule has 0 aromatic heterocycles. The first-order valence-corrected chi connectivity index (χ1v) is 14.5. The molecule has 0 aliphatic carbocycles. The maximum absolute atomic E-state index is 12.6. The lowest BCUT2D eigenvalue weighted by Crippen LogP contribution is -2.41. The molecule has 0 saturated carbocycles. The smallest absolute Gasteiger partial charge is 0.222 e. The third-order valence-electron chi connectivity index (χ3n) is 7.58. The van der Waals surface area contributed by atoms with Crippen LogP contribution < -0.4 is 20.5 Å². The number of nitrogens with two attached hydrogens (primary N) is 1. The standard InChI is InChI=1S/C30H53N3O6.ClH/c1-22(2)25(19-24-8-9-28(37-5)29(20-24)39-15-7-14-36-4)21-26(31)27(34)18-23(3)30(35)32-10-6-11-33-12-16-38-17-13-33;/h8-9,20,22-23,25-27,34H,6-7,10-19,21,31H2,1-5H3,(H,32,35);1H/t23-,25+,26+,27+;/m1./s1. The third-order valence-corrected chi connectivity index (χ3v) is 7.58. The van der Waals surface area contributed by atoms with E-state index in [1.54, 1.807) is 14.2 Å². The number of aliphatic hydroxyl groups excluding tert-OH is 1. The van der Waals surface area contributed by atoms with E-state index in [4.69, 9.17) is 24.7 Å². The van der Waals surface area contributed by atoms with Crippen molar-refractivity contribution < 1.29 is 28.8 Å². The summed E-state index contributed by atoms with van der Waals surface area (Å²) in [5, 5.41) is 13.9. The first-order chi connectivity index (χ1) is 18.7. The van der Waals surface area contributed by atoms with Crippen molar-refractivity contribution in [1.29, 1.82) is 0 Å². The van der Waals surface area contributed by atoms with Crippen molar-refractivity contribution in [3.05, 3.63) is 23.8 Å². The lowest BCUT2D eigenvalue weighted by molar-refractivity contribution is -0.125. The number of morpholine rings is 1. The molecule has 40 heavy (non-hydrogen) atoms. The number of halogens is 1. The summed E-state index contributed by atoms with van der Waals surface area (Å²) in [7, 11) is 3.32. The van der Waals surface area contributed by atoms with Gasteiger partial charge in [-0.2, -0.15) is 0 Å². The summed E-state index contributed by atoms with van der Waals surface area (Å²) in [4.78, 5) is 15.0. The Kier molecular flexibility index (Phi) is 18.5. The van der Waals surface area contributed by atoms with Gasteiger partial charge >= 0.3 is 0 Å². The van der Waals surface area contributed by atoms with E-state index in [2.05, 4.69) is 30.1 Å². The average Bonchev–Trinajstić information content (AvgIpc) is 2.93. The summed E-state index contributed by atoms with van der Waals surface area (Å²) in [6, 6.07) is 5.63. The Labute approximate surface area is 247 Å². The number of aliphatic hydroxyl groups is 1. The number of carbonyl (C=O) groups is 1. The van der Waals surface area contributed by atoms with Crippen LogP contribution in [0.4, 0.5) is 0 Å². The van der Waals surface area contributed by atoms with Crippen molar-refractivity contribution in [2.24, 2.45) is 23.5 Å². The van der Waals surface area contributed by atoms with Crippen LogP contribution >= 0.6 is 12.4 Å². The highest BCUT2D eigenvalue weighted by atomic mass is 35.5. The van der Waals surface area contributed by atoms with E-state index >= 15 is 0 Å². The molecule has 1 fully saturated rings. The van der Waals surface area contributed by atoms with Crippen LogP contribution in [0, 0.1) is 17.8 Å². The van der Waals surface area contributed by atoms with Gasteiger partial charge in [0.05, 0.1) is 33.0 Å². The van der Waals surface area contributed by atoms with Crippen LogP contribution in [0.15, 0.2) is 18.2 Å². The summed E-state index contributed by atoms with van der Waals surface area (Å²) >= 11 is 0. The van der Waals surface area contributed by atoms with Crippen molar-refractivity contribution >= 4 is 18.3 Å². The van der Waals surface area contributed by atoms with Crippen LogP contribution in [0.2, 0.25) is 0 Å². The molecule has 1 aromatic rings. The Morgan fingerprint density at radius 2 is 1.82 bits per heavy atom. The van der Waals surface area contributed by atoms with E-state index in [1.165, 1.54) is 0 Å². The minimum atomic E-state index is -0.740. The number of hydrogen-bond acceptors (Lipinski definition) is 8. The third kappa shape index (κ3) is 13.4. The van der Waals surface area contributed by atoms with Crippen LogP contribution in [-0.4, -0.2) is 94.9 Å². The van der Waals surface area contributed by atoms with Gasteiger partial charge in [-0.25, -0.2) is 0 Å². The van der Waals surface area contributed by atoms with Crippen molar-refractivity contribution in [2.45, 2.75) is 65.0 Å². The van der Waals surface area contributed by atoms with E-state index < -0.39 is 12.1 Å². The van der Waals surface area contributed by atoms with Crippen molar-refractivity contribution in [2.75, 3.05) is 66.8 Å². The predicted octanol–water partition coefficient (Wildman–Crippen LogP) is 3.29. The van der Waals surface area contributed by atoms with Gasteiger partial charge in [0.25, 0.3) is 0 Å². The lowest BCUT2D eigenvalue weighted by Gasteiger charge is -2.28. The number of benzene rings is 1. The summed E-state index contributed by atoms with van der Waals surface area (Å²) in [5.41, 5.74) is 7.62. The zero-order valence-corrected chi connectivity index (χ0v) is 26.0. The van der Waals surface area contributed by atoms with E-state index in [1.807, 2.05) is 19.1 Å². The molecule has 1 saturated heterocycles. The lowest BCUT2D eigenvalue weighted by atomic mass is 9.82. The zero-order chi connectivity index (χ0) is 28.6. The first-order valence-electron chi connectivity index (χ1n) is 14.5. The molecular formula is C30H54ClN3O6. The van der Waals surface area contributed by atoms with Crippen molar-refractivity contribution in [3.8, 4) is 11.5 Å². The van der Waals surface area contributed by atoms with Crippen LogP contribution in [-0.2, 0) is 20.7 Å². The van der Waals surface area contributed by atoms with Crippen molar-refractivity contribution in [1.82, 2.24) is 10.2 Å². The summed E-state index contributed by atoms with van der Waals surface area (Å²) in [6.45, 7) is 12.5. The summed E-state index contributed by atoms with van der Waals surface area (Å²) < 4.78 is 21.9.